The van der Waals surface area contributed by atoms with E-state index in [2.05, 4.69) is 20.9 Å². The molecule has 18 heavy (non-hydrogen) atoms. The molecule has 0 spiro atoms. The summed E-state index contributed by atoms with van der Waals surface area (Å²) in [5.41, 5.74) is 0.703. The Morgan fingerprint density at radius 3 is 2.89 bits per heavy atom. The van der Waals surface area contributed by atoms with Crippen LogP contribution in [0.3, 0.4) is 0 Å². The van der Waals surface area contributed by atoms with Crippen molar-refractivity contribution >= 4 is 22.1 Å². The monoisotopic (exact) mass is 311 g/mol. The first kappa shape index (κ1) is 13.6. The SMILES string of the molecule is Oc1ccc(Br)cc1C=NC[C@@H]1CCCC[C@H]1O. The number of phenolic OH excluding ortho intramolecular Hbond substituents is 1. The van der Waals surface area contributed by atoms with Gasteiger partial charge in [-0.2, -0.15) is 0 Å². The van der Waals surface area contributed by atoms with Crippen LogP contribution in [0.25, 0.3) is 0 Å². The van der Waals surface area contributed by atoms with Crippen LogP contribution in [-0.4, -0.2) is 29.1 Å². The van der Waals surface area contributed by atoms with Gasteiger partial charge in [-0.1, -0.05) is 28.8 Å². The highest BCUT2D eigenvalue weighted by Crippen LogP contribution is 2.25. The second-order valence-corrected chi connectivity index (χ2v) is 5.72. The van der Waals surface area contributed by atoms with E-state index in [1.807, 2.05) is 6.07 Å². The van der Waals surface area contributed by atoms with E-state index in [4.69, 9.17) is 0 Å². The maximum Gasteiger partial charge on any atom is 0.124 e. The molecule has 3 nitrogen and oxygen atoms in total. The molecule has 1 aromatic rings. The molecule has 0 radical (unpaired) electrons. The Morgan fingerprint density at radius 1 is 1.33 bits per heavy atom. The quantitative estimate of drug-likeness (QED) is 0.843. The summed E-state index contributed by atoms with van der Waals surface area (Å²) in [4.78, 5) is 4.35. The number of halogens is 1. The van der Waals surface area contributed by atoms with E-state index in [1.165, 1.54) is 6.42 Å². The molecule has 1 aliphatic rings. The van der Waals surface area contributed by atoms with Crippen LogP contribution in [0.1, 0.15) is 31.2 Å². The molecule has 0 saturated heterocycles. The van der Waals surface area contributed by atoms with Crippen LogP contribution in [0.15, 0.2) is 27.7 Å². The van der Waals surface area contributed by atoms with Crippen LogP contribution in [0.4, 0.5) is 0 Å². The van der Waals surface area contributed by atoms with Gasteiger partial charge in [-0.05, 0) is 31.0 Å². The highest BCUT2D eigenvalue weighted by molar-refractivity contribution is 9.10. The van der Waals surface area contributed by atoms with E-state index >= 15 is 0 Å². The molecule has 1 saturated carbocycles. The number of aliphatic hydroxyl groups excluding tert-OH is 1. The van der Waals surface area contributed by atoms with Crippen molar-refractivity contribution in [3.63, 3.8) is 0 Å². The molecule has 1 aliphatic carbocycles. The highest BCUT2D eigenvalue weighted by atomic mass is 79.9. The fraction of sp³-hybridized carbons (Fsp3) is 0.500. The molecule has 4 heteroatoms. The summed E-state index contributed by atoms with van der Waals surface area (Å²) in [6, 6.07) is 5.26. The smallest absolute Gasteiger partial charge is 0.124 e. The minimum absolute atomic E-state index is 0.216. The van der Waals surface area contributed by atoms with Crippen LogP contribution in [0.5, 0.6) is 5.75 Å². The molecule has 0 aliphatic heterocycles. The molecule has 98 valence electrons. The molecule has 0 aromatic heterocycles. The topological polar surface area (TPSA) is 52.8 Å². The molecular weight excluding hydrogens is 294 g/mol. The van der Waals surface area contributed by atoms with Gasteiger partial charge in [-0.3, -0.25) is 4.99 Å². The van der Waals surface area contributed by atoms with Crippen molar-refractivity contribution in [2.24, 2.45) is 10.9 Å². The zero-order chi connectivity index (χ0) is 13.0. The molecule has 0 unspecified atom stereocenters. The minimum atomic E-state index is -0.216. The maximum absolute atomic E-state index is 9.83. The molecule has 1 aromatic carbocycles. The first-order valence-corrected chi connectivity index (χ1v) is 7.12. The van der Waals surface area contributed by atoms with Gasteiger partial charge >= 0.3 is 0 Å². The van der Waals surface area contributed by atoms with E-state index < -0.39 is 0 Å². The lowest BCUT2D eigenvalue weighted by Crippen LogP contribution is -2.26. The molecule has 0 bridgehead atoms. The Hall–Kier alpha value is -0.870. The summed E-state index contributed by atoms with van der Waals surface area (Å²) < 4.78 is 0.916. The number of rotatable bonds is 3. The fourth-order valence-corrected chi connectivity index (χ4v) is 2.70. The van der Waals surface area contributed by atoms with E-state index in [9.17, 15) is 10.2 Å². The van der Waals surface area contributed by atoms with E-state index in [0.29, 0.717) is 12.1 Å². The summed E-state index contributed by atoms with van der Waals surface area (Å²) in [7, 11) is 0. The van der Waals surface area contributed by atoms with Crippen molar-refractivity contribution in [2.45, 2.75) is 31.8 Å². The second kappa shape index (κ2) is 6.34. The van der Waals surface area contributed by atoms with Crippen LogP contribution in [-0.2, 0) is 0 Å². The Labute approximate surface area is 116 Å². The molecular formula is C14H18BrNO2. The number of benzene rings is 1. The zero-order valence-corrected chi connectivity index (χ0v) is 11.8. The number of phenols is 1. The lowest BCUT2D eigenvalue weighted by atomic mass is 9.87. The van der Waals surface area contributed by atoms with Crippen molar-refractivity contribution in [3.8, 4) is 5.75 Å². The molecule has 2 atom stereocenters. The molecule has 0 heterocycles. The maximum atomic E-state index is 9.83. The van der Waals surface area contributed by atoms with E-state index in [0.717, 1.165) is 23.7 Å². The molecule has 0 amide bonds. The predicted molar refractivity (Wildman–Crippen MR) is 76.2 cm³/mol. The van der Waals surface area contributed by atoms with Gasteiger partial charge in [0.1, 0.15) is 5.75 Å². The third-order valence-corrected chi connectivity index (χ3v) is 3.92. The van der Waals surface area contributed by atoms with Crippen LogP contribution >= 0.6 is 15.9 Å². The van der Waals surface area contributed by atoms with Gasteiger partial charge < -0.3 is 10.2 Å². The number of nitrogens with zero attached hydrogens (tertiary/aromatic N) is 1. The van der Waals surface area contributed by atoms with Gasteiger partial charge in [-0.25, -0.2) is 0 Å². The van der Waals surface area contributed by atoms with Crippen molar-refractivity contribution in [1.29, 1.82) is 0 Å². The summed E-state index contributed by atoms with van der Waals surface area (Å²) in [6.45, 7) is 0.632. The predicted octanol–water partition coefficient (Wildman–Crippen LogP) is 3.12. The molecule has 2 N–H and O–H groups in total. The van der Waals surface area contributed by atoms with Gasteiger partial charge in [0, 0.05) is 28.7 Å². The Kier molecular flexibility index (Phi) is 4.78. The minimum Gasteiger partial charge on any atom is -0.507 e. The number of aliphatic imine (C=N–C) groups is 1. The largest absolute Gasteiger partial charge is 0.507 e. The van der Waals surface area contributed by atoms with Gasteiger partial charge in [-0.15, -0.1) is 0 Å². The summed E-state index contributed by atoms with van der Waals surface area (Å²) in [5, 5.41) is 19.5. The van der Waals surface area contributed by atoms with Crippen molar-refractivity contribution < 1.29 is 10.2 Å². The van der Waals surface area contributed by atoms with Gasteiger partial charge in [0.2, 0.25) is 0 Å². The lowest BCUT2D eigenvalue weighted by Gasteiger charge is -2.25. The van der Waals surface area contributed by atoms with Gasteiger partial charge in [0.15, 0.2) is 0 Å². The third-order valence-electron chi connectivity index (χ3n) is 3.43. The van der Waals surface area contributed by atoms with E-state index in [1.54, 1.807) is 18.3 Å². The average Bonchev–Trinajstić information content (AvgIpc) is 2.36. The molecule has 2 rings (SSSR count). The fourth-order valence-electron chi connectivity index (χ4n) is 2.32. The summed E-state index contributed by atoms with van der Waals surface area (Å²) in [6.07, 6.45) is 5.70. The first-order valence-electron chi connectivity index (χ1n) is 6.33. The second-order valence-electron chi connectivity index (χ2n) is 4.81. The number of aliphatic hydroxyl groups is 1. The van der Waals surface area contributed by atoms with Gasteiger partial charge in [0.25, 0.3) is 0 Å². The Bertz CT molecular complexity index is 434. The van der Waals surface area contributed by atoms with Gasteiger partial charge in [0.05, 0.1) is 6.10 Å². The van der Waals surface area contributed by atoms with E-state index in [-0.39, 0.29) is 17.8 Å². The Balaban J connectivity index is 1.96. The average molecular weight is 312 g/mol. The Morgan fingerprint density at radius 2 is 2.11 bits per heavy atom. The normalized spacial score (nSPS) is 24.6. The standard InChI is InChI=1S/C14H18BrNO2/c15-12-5-6-14(18)11(7-12)9-16-8-10-3-1-2-4-13(10)17/h5-7,9-10,13,17-18H,1-4,8H2/t10-,13+/m0/s1. The van der Waals surface area contributed by atoms with Crippen LogP contribution < -0.4 is 0 Å². The zero-order valence-electron chi connectivity index (χ0n) is 10.2. The number of hydrogen-bond acceptors (Lipinski definition) is 3. The van der Waals surface area contributed by atoms with Crippen molar-refractivity contribution in [1.82, 2.24) is 0 Å². The first-order chi connectivity index (χ1) is 8.66. The summed E-state index contributed by atoms with van der Waals surface area (Å²) in [5.74, 6) is 0.496. The van der Waals surface area contributed by atoms with Crippen LogP contribution in [0.2, 0.25) is 0 Å². The number of hydrogen-bond donors (Lipinski definition) is 2. The third kappa shape index (κ3) is 3.56. The lowest BCUT2D eigenvalue weighted by molar-refractivity contribution is 0.0746. The van der Waals surface area contributed by atoms with Crippen molar-refractivity contribution in [3.05, 3.63) is 28.2 Å². The summed E-state index contributed by atoms with van der Waals surface area (Å²) >= 11 is 3.36. The highest BCUT2D eigenvalue weighted by Gasteiger charge is 2.22. The van der Waals surface area contributed by atoms with Crippen molar-refractivity contribution in [2.75, 3.05) is 6.54 Å². The number of aromatic hydroxyl groups is 1. The van der Waals surface area contributed by atoms with Crippen LogP contribution in [0, 0.1) is 5.92 Å². The molecule has 1 fully saturated rings.